The van der Waals surface area contributed by atoms with Crippen molar-refractivity contribution in [1.29, 1.82) is 0 Å². The number of carbonyl (C=O) groups is 2. The van der Waals surface area contributed by atoms with Crippen LogP contribution >= 0.6 is 0 Å². The SMILES string of the molecule is O=CC=Cc1ccc(-c2cc(C(=O)O)[nH]n2)cc1. The zero-order chi connectivity index (χ0) is 13.0. The van der Waals surface area contributed by atoms with Gasteiger partial charge in [0.15, 0.2) is 0 Å². The summed E-state index contributed by atoms with van der Waals surface area (Å²) in [5, 5.41) is 15.1. The number of hydrogen-bond donors (Lipinski definition) is 2. The van der Waals surface area contributed by atoms with Crippen molar-refractivity contribution in [3.63, 3.8) is 0 Å². The zero-order valence-electron chi connectivity index (χ0n) is 9.33. The number of aromatic amines is 1. The minimum absolute atomic E-state index is 0.0509. The summed E-state index contributed by atoms with van der Waals surface area (Å²) < 4.78 is 0. The molecule has 0 fully saturated rings. The molecule has 0 amide bonds. The van der Waals surface area contributed by atoms with E-state index in [4.69, 9.17) is 5.11 Å². The van der Waals surface area contributed by atoms with E-state index in [1.165, 1.54) is 12.1 Å². The van der Waals surface area contributed by atoms with E-state index in [1.807, 2.05) is 24.3 Å². The van der Waals surface area contributed by atoms with Gasteiger partial charge in [-0.2, -0.15) is 5.10 Å². The Labute approximate surface area is 103 Å². The lowest BCUT2D eigenvalue weighted by molar-refractivity contribution is -0.104. The van der Waals surface area contributed by atoms with E-state index in [-0.39, 0.29) is 5.69 Å². The molecule has 0 spiro atoms. The maximum Gasteiger partial charge on any atom is 0.353 e. The van der Waals surface area contributed by atoms with E-state index in [1.54, 1.807) is 6.08 Å². The summed E-state index contributed by atoms with van der Waals surface area (Å²) in [6.07, 6.45) is 3.80. The molecule has 2 rings (SSSR count). The molecule has 1 aromatic carbocycles. The summed E-state index contributed by atoms with van der Waals surface area (Å²) in [5.74, 6) is -1.04. The van der Waals surface area contributed by atoms with Crippen LogP contribution in [0.25, 0.3) is 17.3 Å². The van der Waals surface area contributed by atoms with Gasteiger partial charge in [0.05, 0.1) is 5.69 Å². The third-order valence-corrected chi connectivity index (χ3v) is 2.38. The van der Waals surface area contributed by atoms with Crippen LogP contribution < -0.4 is 0 Å². The summed E-state index contributed by atoms with van der Waals surface area (Å²) in [6.45, 7) is 0. The van der Waals surface area contributed by atoms with Crippen molar-refractivity contribution in [1.82, 2.24) is 10.2 Å². The Morgan fingerprint density at radius 1 is 1.28 bits per heavy atom. The standard InChI is InChI=1S/C13H10N2O3/c16-7-1-2-9-3-5-10(6-4-9)11-8-12(13(17)18)15-14-11/h1-8H,(H,14,15)(H,17,18). The fraction of sp³-hybridized carbons (Fsp3) is 0. The highest BCUT2D eigenvalue weighted by Gasteiger charge is 2.08. The molecule has 5 heteroatoms. The van der Waals surface area contributed by atoms with Crippen molar-refractivity contribution in [2.75, 3.05) is 0 Å². The number of hydrogen-bond acceptors (Lipinski definition) is 3. The Morgan fingerprint density at radius 3 is 2.56 bits per heavy atom. The van der Waals surface area contributed by atoms with Crippen LogP contribution in [0, 0.1) is 0 Å². The smallest absolute Gasteiger partial charge is 0.353 e. The lowest BCUT2D eigenvalue weighted by Gasteiger charge is -1.97. The Kier molecular flexibility index (Phi) is 3.33. The average molecular weight is 242 g/mol. The third kappa shape index (κ3) is 2.52. The Morgan fingerprint density at radius 2 is 2.00 bits per heavy atom. The molecule has 90 valence electrons. The molecule has 0 aliphatic heterocycles. The molecule has 0 aliphatic rings. The third-order valence-electron chi connectivity index (χ3n) is 2.38. The fourth-order valence-corrected chi connectivity index (χ4v) is 1.49. The monoisotopic (exact) mass is 242 g/mol. The predicted octanol–water partition coefficient (Wildman–Crippen LogP) is 1.99. The summed E-state index contributed by atoms with van der Waals surface area (Å²) in [6, 6.07) is 8.74. The van der Waals surface area contributed by atoms with Crippen molar-refractivity contribution < 1.29 is 14.7 Å². The van der Waals surface area contributed by atoms with E-state index < -0.39 is 5.97 Å². The highest BCUT2D eigenvalue weighted by Crippen LogP contribution is 2.18. The van der Waals surface area contributed by atoms with Crippen molar-refractivity contribution in [3.8, 4) is 11.3 Å². The van der Waals surface area contributed by atoms with Crippen LogP contribution in [0.4, 0.5) is 0 Å². The molecule has 0 saturated heterocycles. The first-order valence-electron chi connectivity index (χ1n) is 5.21. The van der Waals surface area contributed by atoms with E-state index in [2.05, 4.69) is 10.2 Å². The van der Waals surface area contributed by atoms with Gasteiger partial charge in [0.25, 0.3) is 0 Å². The first-order chi connectivity index (χ1) is 8.70. The number of allylic oxidation sites excluding steroid dienone is 1. The second-order valence-corrected chi connectivity index (χ2v) is 3.59. The molecule has 0 aliphatic carbocycles. The number of carboxylic acids is 1. The summed E-state index contributed by atoms with van der Waals surface area (Å²) in [4.78, 5) is 20.9. The minimum Gasteiger partial charge on any atom is -0.477 e. The van der Waals surface area contributed by atoms with E-state index >= 15 is 0 Å². The highest BCUT2D eigenvalue weighted by molar-refractivity contribution is 5.86. The number of aromatic carboxylic acids is 1. The minimum atomic E-state index is -1.04. The largest absolute Gasteiger partial charge is 0.477 e. The van der Waals surface area contributed by atoms with Gasteiger partial charge in [-0.15, -0.1) is 0 Å². The van der Waals surface area contributed by atoms with Crippen molar-refractivity contribution in [2.45, 2.75) is 0 Å². The molecule has 18 heavy (non-hydrogen) atoms. The Balaban J connectivity index is 2.25. The average Bonchev–Trinajstić information content (AvgIpc) is 2.87. The number of H-pyrrole nitrogens is 1. The number of rotatable bonds is 4. The summed E-state index contributed by atoms with van der Waals surface area (Å²) >= 11 is 0. The number of benzene rings is 1. The predicted molar refractivity (Wildman–Crippen MR) is 66.1 cm³/mol. The van der Waals surface area contributed by atoms with Crippen LogP contribution in [0.2, 0.25) is 0 Å². The molecule has 1 aromatic heterocycles. The van der Waals surface area contributed by atoms with Crippen LogP contribution in [-0.2, 0) is 4.79 Å². The molecular formula is C13H10N2O3. The topological polar surface area (TPSA) is 83.0 Å². The van der Waals surface area contributed by atoms with Gasteiger partial charge in [0, 0.05) is 5.56 Å². The molecule has 0 atom stereocenters. The van der Waals surface area contributed by atoms with Crippen LogP contribution in [0.3, 0.4) is 0 Å². The molecular weight excluding hydrogens is 232 g/mol. The number of carbonyl (C=O) groups excluding carboxylic acids is 1. The molecule has 0 radical (unpaired) electrons. The number of carboxylic acid groups (broad SMARTS) is 1. The maximum absolute atomic E-state index is 10.7. The number of aldehydes is 1. The van der Waals surface area contributed by atoms with Crippen LogP contribution in [-0.4, -0.2) is 27.6 Å². The number of aromatic nitrogens is 2. The lowest BCUT2D eigenvalue weighted by Crippen LogP contribution is -1.95. The maximum atomic E-state index is 10.7. The molecule has 0 bridgehead atoms. The molecule has 2 N–H and O–H groups in total. The first-order valence-corrected chi connectivity index (χ1v) is 5.21. The van der Waals surface area contributed by atoms with E-state index in [9.17, 15) is 9.59 Å². The van der Waals surface area contributed by atoms with E-state index in [0.29, 0.717) is 12.0 Å². The number of nitrogens with one attached hydrogen (secondary N) is 1. The first kappa shape index (κ1) is 11.8. The van der Waals surface area contributed by atoms with Gasteiger partial charge in [0.2, 0.25) is 0 Å². The van der Waals surface area contributed by atoms with Crippen molar-refractivity contribution in [2.24, 2.45) is 0 Å². The number of nitrogens with zero attached hydrogens (tertiary/aromatic N) is 1. The van der Waals surface area contributed by atoms with Gasteiger partial charge in [-0.1, -0.05) is 30.3 Å². The quantitative estimate of drug-likeness (QED) is 0.634. The second-order valence-electron chi connectivity index (χ2n) is 3.59. The molecule has 0 unspecified atom stereocenters. The highest BCUT2D eigenvalue weighted by atomic mass is 16.4. The van der Waals surface area contributed by atoms with Crippen LogP contribution in [0.1, 0.15) is 16.1 Å². The van der Waals surface area contributed by atoms with Gasteiger partial charge in [-0.05, 0) is 17.7 Å². The van der Waals surface area contributed by atoms with Crippen molar-refractivity contribution >= 4 is 18.3 Å². The Hall–Kier alpha value is -2.69. The molecule has 0 saturated carbocycles. The van der Waals surface area contributed by atoms with Crippen molar-refractivity contribution in [3.05, 3.63) is 47.7 Å². The molecule has 1 heterocycles. The van der Waals surface area contributed by atoms with Gasteiger partial charge >= 0.3 is 5.97 Å². The van der Waals surface area contributed by atoms with Crippen LogP contribution in [0.5, 0.6) is 0 Å². The van der Waals surface area contributed by atoms with Gasteiger partial charge in [0.1, 0.15) is 12.0 Å². The van der Waals surface area contributed by atoms with Gasteiger partial charge in [-0.25, -0.2) is 4.79 Å². The normalized spacial score (nSPS) is 10.7. The lowest BCUT2D eigenvalue weighted by atomic mass is 10.1. The van der Waals surface area contributed by atoms with Gasteiger partial charge < -0.3 is 5.11 Å². The second kappa shape index (κ2) is 5.09. The Bertz CT molecular complexity index is 597. The fourth-order valence-electron chi connectivity index (χ4n) is 1.49. The molecule has 2 aromatic rings. The van der Waals surface area contributed by atoms with E-state index in [0.717, 1.165) is 11.1 Å². The molecule has 5 nitrogen and oxygen atoms in total. The zero-order valence-corrected chi connectivity index (χ0v) is 9.33. The van der Waals surface area contributed by atoms with Gasteiger partial charge in [-0.3, -0.25) is 9.89 Å². The van der Waals surface area contributed by atoms with Crippen LogP contribution in [0.15, 0.2) is 36.4 Å². The summed E-state index contributed by atoms with van der Waals surface area (Å²) in [5.41, 5.74) is 2.31. The summed E-state index contributed by atoms with van der Waals surface area (Å²) in [7, 11) is 0.